The van der Waals surface area contributed by atoms with Crippen molar-refractivity contribution < 1.29 is 4.79 Å². The molecule has 1 heterocycles. The summed E-state index contributed by atoms with van der Waals surface area (Å²) in [6.45, 7) is 9.78. The van der Waals surface area contributed by atoms with Gasteiger partial charge < -0.3 is 9.80 Å². The molecule has 1 aromatic rings. The molecule has 1 aliphatic carbocycles. The molecule has 4 nitrogen and oxygen atoms in total. The van der Waals surface area contributed by atoms with Gasteiger partial charge in [-0.15, -0.1) is 0 Å². The number of amides is 1. The van der Waals surface area contributed by atoms with E-state index >= 15 is 0 Å². The van der Waals surface area contributed by atoms with Gasteiger partial charge in [-0.1, -0.05) is 19.3 Å². The van der Waals surface area contributed by atoms with Crippen LogP contribution in [0.3, 0.4) is 0 Å². The molecule has 2 fully saturated rings. The van der Waals surface area contributed by atoms with Crippen LogP contribution >= 0.6 is 0 Å². The molecule has 0 spiro atoms. The smallest absolute Gasteiger partial charge is 0.253 e. The summed E-state index contributed by atoms with van der Waals surface area (Å²) in [6.07, 6.45) is 6.57. The molecule has 0 bridgehead atoms. The van der Waals surface area contributed by atoms with Crippen molar-refractivity contribution in [3.8, 4) is 0 Å². The van der Waals surface area contributed by atoms with Gasteiger partial charge in [0.05, 0.1) is 0 Å². The third-order valence-corrected chi connectivity index (χ3v) is 6.13. The predicted molar refractivity (Wildman–Crippen MR) is 109 cm³/mol. The first-order valence-electron chi connectivity index (χ1n) is 10.4. The first-order valence-corrected chi connectivity index (χ1v) is 10.4. The average Bonchev–Trinajstić information content (AvgIpc) is 2.68. The molecule has 144 valence electrons. The zero-order chi connectivity index (χ0) is 18.5. The van der Waals surface area contributed by atoms with Crippen molar-refractivity contribution in [2.24, 2.45) is 5.92 Å². The van der Waals surface area contributed by atoms with Crippen LogP contribution in [-0.4, -0.2) is 61.5 Å². The Kier molecular flexibility index (Phi) is 6.58. The van der Waals surface area contributed by atoms with Gasteiger partial charge in [0.1, 0.15) is 0 Å². The highest BCUT2D eigenvalue weighted by atomic mass is 16.2. The largest absolute Gasteiger partial charge is 0.369 e. The molecule has 3 rings (SSSR count). The summed E-state index contributed by atoms with van der Waals surface area (Å²) < 4.78 is 0. The molecule has 26 heavy (non-hydrogen) atoms. The number of rotatable bonds is 5. The van der Waals surface area contributed by atoms with Crippen LogP contribution in [0.1, 0.15) is 56.3 Å². The highest BCUT2D eigenvalue weighted by molar-refractivity contribution is 5.94. The summed E-state index contributed by atoms with van der Waals surface area (Å²) >= 11 is 0. The van der Waals surface area contributed by atoms with E-state index in [1.807, 2.05) is 24.1 Å². The Balaban J connectivity index is 1.54. The molecule has 1 amide bonds. The topological polar surface area (TPSA) is 26.8 Å². The average molecular weight is 358 g/mol. The fraction of sp³-hybridized carbons (Fsp3) is 0.682. The van der Waals surface area contributed by atoms with E-state index in [1.165, 1.54) is 37.8 Å². The van der Waals surface area contributed by atoms with Gasteiger partial charge in [0.2, 0.25) is 0 Å². The van der Waals surface area contributed by atoms with Gasteiger partial charge in [0.25, 0.3) is 5.91 Å². The Labute approximate surface area is 159 Å². The molecule has 1 aromatic carbocycles. The molecule has 4 heteroatoms. The van der Waals surface area contributed by atoms with Crippen LogP contribution in [0.5, 0.6) is 0 Å². The monoisotopic (exact) mass is 357 g/mol. The van der Waals surface area contributed by atoms with E-state index in [1.54, 1.807) is 0 Å². The van der Waals surface area contributed by atoms with Gasteiger partial charge in [-0.05, 0) is 56.9 Å². The standard InChI is InChI=1S/C22H35N3O/c1-18(2)24-13-15-25(16-14-24)21-11-9-20(10-12-21)22(26)23(3)17-19-7-5-4-6-8-19/h9-12,18-19H,4-8,13-17H2,1-3H3. The Hall–Kier alpha value is -1.55. The molecular formula is C22H35N3O. The zero-order valence-corrected chi connectivity index (χ0v) is 16.8. The van der Waals surface area contributed by atoms with E-state index in [4.69, 9.17) is 0 Å². The van der Waals surface area contributed by atoms with Gasteiger partial charge in [-0.2, -0.15) is 0 Å². The van der Waals surface area contributed by atoms with E-state index in [0.29, 0.717) is 12.0 Å². The van der Waals surface area contributed by atoms with Gasteiger partial charge >= 0.3 is 0 Å². The van der Waals surface area contributed by atoms with E-state index in [9.17, 15) is 4.79 Å². The summed E-state index contributed by atoms with van der Waals surface area (Å²) in [5, 5.41) is 0. The first kappa shape index (κ1) is 19.2. The van der Waals surface area contributed by atoms with Crippen molar-refractivity contribution in [1.82, 2.24) is 9.80 Å². The van der Waals surface area contributed by atoms with Crippen molar-refractivity contribution in [3.05, 3.63) is 29.8 Å². The van der Waals surface area contributed by atoms with Gasteiger partial charge in [-0.25, -0.2) is 0 Å². The maximum Gasteiger partial charge on any atom is 0.253 e. The van der Waals surface area contributed by atoms with Crippen molar-refractivity contribution in [3.63, 3.8) is 0 Å². The van der Waals surface area contributed by atoms with Crippen molar-refractivity contribution in [1.29, 1.82) is 0 Å². The minimum Gasteiger partial charge on any atom is -0.369 e. The number of nitrogens with zero attached hydrogens (tertiary/aromatic N) is 3. The fourth-order valence-corrected chi connectivity index (χ4v) is 4.37. The SMILES string of the molecule is CC(C)N1CCN(c2ccc(C(=O)N(C)CC3CCCCC3)cc2)CC1. The lowest BCUT2D eigenvalue weighted by Gasteiger charge is -2.38. The maximum atomic E-state index is 12.7. The van der Waals surface area contributed by atoms with Crippen LogP contribution < -0.4 is 4.90 Å². The maximum absolute atomic E-state index is 12.7. The van der Waals surface area contributed by atoms with Gasteiger partial charge in [0, 0.05) is 57.1 Å². The lowest BCUT2D eigenvalue weighted by molar-refractivity contribution is 0.0760. The van der Waals surface area contributed by atoms with Crippen molar-refractivity contribution in [2.45, 2.75) is 52.0 Å². The number of hydrogen-bond acceptors (Lipinski definition) is 3. The number of hydrogen-bond donors (Lipinski definition) is 0. The summed E-state index contributed by atoms with van der Waals surface area (Å²) in [4.78, 5) is 19.6. The van der Waals surface area contributed by atoms with Crippen LogP contribution in [0, 0.1) is 5.92 Å². The molecule has 0 unspecified atom stereocenters. The summed E-state index contributed by atoms with van der Waals surface area (Å²) in [6, 6.07) is 8.87. The van der Waals surface area contributed by atoms with E-state index in [2.05, 4.69) is 35.8 Å². The number of benzene rings is 1. The summed E-state index contributed by atoms with van der Waals surface area (Å²) in [7, 11) is 1.95. The highest BCUT2D eigenvalue weighted by Crippen LogP contribution is 2.25. The third-order valence-electron chi connectivity index (χ3n) is 6.13. The lowest BCUT2D eigenvalue weighted by Crippen LogP contribution is -2.48. The number of carbonyl (C=O) groups is 1. The Bertz CT molecular complexity index is 570. The van der Waals surface area contributed by atoms with Gasteiger partial charge in [-0.3, -0.25) is 9.69 Å². The highest BCUT2D eigenvalue weighted by Gasteiger charge is 2.21. The Morgan fingerprint density at radius 2 is 1.65 bits per heavy atom. The molecule has 0 radical (unpaired) electrons. The molecule has 0 N–H and O–H groups in total. The van der Waals surface area contributed by atoms with Crippen LogP contribution in [-0.2, 0) is 0 Å². The minimum atomic E-state index is 0.159. The molecule has 0 aromatic heterocycles. The van der Waals surface area contributed by atoms with Crippen molar-refractivity contribution in [2.75, 3.05) is 44.7 Å². The molecule has 1 aliphatic heterocycles. The molecule has 2 aliphatic rings. The number of piperazine rings is 1. The predicted octanol–water partition coefficient (Wildman–Crippen LogP) is 3.87. The second-order valence-corrected chi connectivity index (χ2v) is 8.35. The number of carbonyl (C=O) groups excluding carboxylic acids is 1. The second-order valence-electron chi connectivity index (χ2n) is 8.35. The van der Waals surface area contributed by atoms with E-state index in [0.717, 1.165) is 38.3 Å². The van der Waals surface area contributed by atoms with Crippen molar-refractivity contribution >= 4 is 11.6 Å². The second kappa shape index (κ2) is 8.90. The molecule has 0 atom stereocenters. The Morgan fingerprint density at radius 3 is 2.23 bits per heavy atom. The van der Waals surface area contributed by atoms with E-state index < -0.39 is 0 Å². The van der Waals surface area contributed by atoms with Crippen LogP contribution in [0.4, 0.5) is 5.69 Å². The zero-order valence-electron chi connectivity index (χ0n) is 16.8. The quantitative estimate of drug-likeness (QED) is 0.800. The molecular weight excluding hydrogens is 322 g/mol. The fourth-order valence-electron chi connectivity index (χ4n) is 4.37. The Morgan fingerprint density at radius 1 is 1.04 bits per heavy atom. The normalized spacial score (nSPS) is 19.8. The van der Waals surface area contributed by atoms with Crippen LogP contribution in [0.25, 0.3) is 0 Å². The minimum absolute atomic E-state index is 0.159. The number of anilines is 1. The molecule has 1 saturated carbocycles. The van der Waals surface area contributed by atoms with E-state index in [-0.39, 0.29) is 5.91 Å². The lowest BCUT2D eigenvalue weighted by atomic mass is 9.89. The van der Waals surface area contributed by atoms with Gasteiger partial charge in [0.15, 0.2) is 0 Å². The third kappa shape index (κ3) is 4.79. The summed E-state index contributed by atoms with van der Waals surface area (Å²) in [5.41, 5.74) is 2.05. The van der Waals surface area contributed by atoms with Crippen LogP contribution in [0.15, 0.2) is 24.3 Å². The van der Waals surface area contributed by atoms with Crippen LogP contribution in [0.2, 0.25) is 0 Å². The first-order chi connectivity index (χ1) is 12.5. The summed E-state index contributed by atoms with van der Waals surface area (Å²) in [5.74, 6) is 0.848. The molecule has 1 saturated heterocycles.